The summed E-state index contributed by atoms with van der Waals surface area (Å²) in [5.41, 5.74) is 0.910. The van der Waals surface area contributed by atoms with Gasteiger partial charge in [0.25, 0.3) is 0 Å². The third kappa shape index (κ3) is 3.91. The number of aryl methyl sites for hydroxylation is 1. The third-order valence-corrected chi connectivity index (χ3v) is 5.45. The molecule has 1 unspecified atom stereocenters. The molecule has 3 rings (SSSR count). The van der Waals surface area contributed by atoms with Crippen molar-refractivity contribution in [3.63, 3.8) is 0 Å². The Kier molecular flexibility index (Phi) is 6.27. The molecule has 1 atom stereocenters. The van der Waals surface area contributed by atoms with Crippen LogP contribution in [0.4, 0.5) is 0 Å². The van der Waals surface area contributed by atoms with E-state index >= 15 is 0 Å². The topological polar surface area (TPSA) is 103 Å². The van der Waals surface area contributed by atoms with Crippen molar-refractivity contribution in [3.8, 4) is 11.6 Å². The summed E-state index contributed by atoms with van der Waals surface area (Å²) in [5.74, 6) is 1.43. The van der Waals surface area contributed by atoms with Gasteiger partial charge in [0, 0.05) is 19.5 Å². The number of aromatic hydroxyl groups is 1. The molecule has 146 valence electrons. The van der Waals surface area contributed by atoms with Crippen molar-refractivity contribution in [1.29, 1.82) is 0 Å². The molecule has 2 heterocycles. The highest BCUT2D eigenvalue weighted by Crippen LogP contribution is 2.40. The van der Waals surface area contributed by atoms with E-state index in [1.54, 1.807) is 7.11 Å². The van der Waals surface area contributed by atoms with Crippen molar-refractivity contribution in [2.75, 3.05) is 33.4 Å². The molecule has 2 aromatic heterocycles. The van der Waals surface area contributed by atoms with Gasteiger partial charge in [-0.15, -0.1) is 5.10 Å². The Morgan fingerprint density at radius 1 is 1.19 bits per heavy atom. The van der Waals surface area contributed by atoms with Crippen LogP contribution in [0, 0.1) is 0 Å². The van der Waals surface area contributed by atoms with Crippen molar-refractivity contribution in [1.82, 2.24) is 19.5 Å². The standard InChI is InChI=1S/C18H24N4O4S/c1-3-14-19-18-22(20-14)17(25)16(27-18)15(21(8-10-23)9-11-24)12-4-6-13(26-2)7-5-12/h4-7,15,23-25H,3,8-11H2,1-2H3. The summed E-state index contributed by atoms with van der Waals surface area (Å²) in [5, 5.41) is 34.1. The van der Waals surface area contributed by atoms with Crippen molar-refractivity contribution >= 4 is 16.3 Å². The second-order valence-electron chi connectivity index (χ2n) is 6.02. The average Bonchev–Trinajstić information content (AvgIpc) is 3.22. The molecule has 0 saturated heterocycles. The first-order valence-electron chi connectivity index (χ1n) is 8.79. The van der Waals surface area contributed by atoms with E-state index in [0.717, 1.165) is 11.3 Å². The molecule has 0 fully saturated rings. The van der Waals surface area contributed by atoms with Gasteiger partial charge < -0.3 is 20.1 Å². The molecule has 0 bridgehead atoms. The fourth-order valence-corrected chi connectivity index (χ4v) is 4.20. The maximum Gasteiger partial charge on any atom is 0.230 e. The first kappa shape index (κ1) is 19.6. The number of nitrogens with zero attached hydrogens (tertiary/aromatic N) is 4. The van der Waals surface area contributed by atoms with Crippen LogP contribution in [0.2, 0.25) is 0 Å². The Morgan fingerprint density at radius 2 is 1.85 bits per heavy atom. The minimum Gasteiger partial charge on any atom is -0.497 e. The van der Waals surface area contributed by atoms with Gasteiger partial charge in [-0.3, -0.25) is 4.90 Å². The quantitative estimate of drug-likeness (QED) is 0.506. The van der Waals surface area contributed by atoms with Gasteiger partial charge in [-0.2, -0.15) is 4.52 Å². The molecule has 0 saturated carbocycles. The molecule has 8 nitrogen and oxygen atoms in total. The van der Waals surface area contributed by atoms with Gasteiger partial charge in [-0.1, -0.05) is 30.4 Å². The lowest BCUT2D eigenvalue weighted by Crippen LogP contribution is -2.34. The maximum atomic E-state index is 10.8. The Labute approximate surface area is 161 Å². The molecule has 0 aliphatic rings. The summed E-state index contributed by atoms with van der Waals surface area (Å²) < 4.78 is 6.68. The minimum absolute atomic E-state index is 0.0314. The minimum atomic E-state index is -0.353. The van der Waals surface area contributed by atoms with Crippen molar-refractivity contribution in [2.24, 2.45) is 0 Å². The Morgan fingerprint density at radius 3 is 2.37 bits per heavy atom. The zero-order valence-electron chi connectivity index (χ0n) is 15.4. The van der Waals surface area contributed by atoms with E-state index in [0.29, 0.717) is 35.2 Å². The number of thiazole rings is 1. The zero-order chi connectivity index (χ0) is 19.4. The molecule has 0 aliphatic heterocycles. The first-order chi connectivity index (χ1) is 13.1. The molecule has 27 heavy (non-hydrogen) atoms. The van der Waals surface area contributed by atoms with Gasteiger partial charge in [0.15, 0.2) is 5.82 Å². The fourth-order valence-electron chi connectivity index (χ4n) is 3.06. The molecule has 9 heteroatoms. The first-order valence-corrected chi connectivity index (χ1v) is 9.61. The number of aromatic nitrogens is 3. The molecule has 0 spiro atoms. The van der Waals surface area contributed by atoms with E-state index in [1.165, 1.54) is 15.9 Å². The number of benzene rings is 1. The van der Waals surface area contributed by atoms with Crippen LogP contribution in [-0.4, -0.2) is 68.2 Å². The number of rotatable bonds is 9. The lowest BCUT2D eigenvalue weighted by Gasteiger charge is -2.30. The highest BCUT2D eigenvalue weighted by atomic mass is 32.1. The second kappa shape index (κ2) is 8.66. The number of hydrogen-bond acceptors (Lipinski definition) is 8. The highest BCUT2D eigenvalue weighted by molar-refractivity contribution is 7.17. The van der Waals surface area contributed by atoms with E-state index in [-0.39, 0.29) is 25.1 Å². The monoisotopic (exact) mass is 392 g/mol. The van der Waals surface area contributed by atoms with Crippen molar-refractivity contribution in [2.45, 2.75) is 19.4 Å². The van der Waals surface area contributed by atoms with Crippen LogP contribution in [0.25, 0.3) is 4.96 Å². The second-order valence-corrected chi connectivity index (χ2v) is 7.03. The Bertz CT molecular complexity index is 871. The normalized spacial score (nSPS) is 12.8. The van der Waals surface area contributed by atoms with Crippen LogP contribution in [0.15, 0.2) is 24.3 Å². The summed E-state index contributed by atoms with van der Waals surface area (Å²) in [6.07, 6.45) is 0.687. The summed E-state index contributed by atoms with van der Waals surface area (Å²) >= 11 is 1.36. The summed E-state index contributed by atoms with van der Waals surface area (Å²) in [6, 6.07) is 7.17. The maximum absolute atomic E-state index is 10.8. The van der Waals surface area contributed by atoms with E-state index in [9.17, 15) is 15.3 Å². The van der Waals surface area contributed by atoms with Gasteiger partial charge in [-0.05, 0) is 17.7 Å². The molecule has 0 amide bonds. The van der Waals surface area contributed by atoms with Crippen LogP contribution >= 0.6 is 11.3 Å². The zero-order valence-corrected chi connectivity index (χ0v) is 16.2. The third-order valence-electron chi connectivity index (χ3n) is 4.38. The van der Waals surface area contributed by atoms with Gasteiger partial charge in [0.1, 0.15) is 5.75 Å². The number of hydrogen-bond donors (Lipinski definition) is 3. The lowest BCUT2D eigenvalue weighted by molar-refractivity contribution is 0.136. The molecule has 0 aliphatic carbocycles. The largest absolute Gasteiger partial charge is 0.497 e. The highest BCUT2D eigenvalue weighted by Gasteiger charge is 2.29. The van der Waals surface area contributed by atoms with E-state index < -0.39 is 0 Å². The number of fused-ring (bicyclic) bond motifs is 1. The summed E-state index contributed by atoms with van der Waals surface area (Å²) in [7, 11) is 1.60. The molecule has 3 aromatic rings. The lowest BCUT2D eigenvalue weighted by atomic mass is 10.0. The van der Waals surface area contributed by atoms with E-state index in [2.05, 4.69) is 10.1 Å². The predicted octanol–water partition coefficient (Wildman–Crippen LogP) is 1.44. The van der Waals surface area contributed by atoms with Crippen LogP contribution in [-0.2, 0) is 6.42 Å². The van der Waals surface area contributed by atoms with Crippen molar-refractivity contribution in [3.05, 3.63) is 40.5 Å². The summed E-state index contributed by atoms with van der Waals surface area (Å²) in [6.45, 7) is 2.54. The molecule has 0 radical (unpaired) electrons. The van der Waals surface area contributed by atoms with Gasteiger partial charge in [-0.25, -0.2) is 4.98 Å². The number of methoxy groups -OCH3 is 1. The van der Waals surface area contributed by atoms with Gasteiger partial charge in [0.2, 0.25) is 10.8 Å². The number of aliphatic hydroxyl groups is 2. The van der Waals surface area contributed by atoms with Gasteiger partial charge >= 0.3 is 0 Å². The van der Waals surface area contributed by atoms with Crippen LogP contribution in [0.3, 0.4) is 0 Å². The number of aliphatic hydroxyl groups excluding tert-OH is 2. The fraction of sp³-hybridized carbons (Fsp3) is 0.444. The van der Waals surface area contributed by atoms with Crippen LogP contribution in [0.5, 0.6) is 11.6 Å². The SMILES string of the molecule is CCc1nc2sc(C(c3ccc(OC)cc3)N(CCO)CCO)c(O)n2n1. The van der Waals surface area contributed by atoms with E-state index in [1.807, 2.05) is 36.1 Å². The predicted molar refractivity (Wildman–Crippen MR) is 102 cm³/mol. The molecular formula is C18H24N4O4S. The number of ether oxygens (including phenoxy) is 1. The Balaban J connectivity index is 2.10. The Hall–Kier alpha value is -2.20. The smallest absolute Gasteiger partial charge is 0.230 e. The molecular weight excluding hydrogens is 368 g/mol. The summed E-state index contributed by atoms with van der Waals surface area (Å²) in [4.78, 5) is 7.65. The van der Waals surface area contributed by atoms with Crippen LogP contribution < -0.4 is 4.74 Å². The average molecular weight is 392 g/mol. The van der Waals surface area contributed by atoms with Gasteiger partial charge in [0.05, 0.1) is 31.2 Å². The molecule has 3 N–H and O–H groups in total. The van der Waals surface area contributed by atoms with Crippen molar-refractivity contribution < 1.29 is 20.1 Å². The van der Waals surface area contributed by atoms with Crippen LogP contribution in [0.1, 0.15) is 29.2 Å². The molecule has 1 aromatic carbocycles. The van der Waals surface area contributed by atoms with E-state index in [4.69, 9.17) is 4.74 Å².